The monoisotopic (exact) mass is 301 g/mol. The number of nitrogen functional groups attached to an aromatic ring is 1. The highest BCUT2D eigenvalue weighted by atomic mass is 35.5. The molecule has 21 heavy (non-hydrogen) atoms. The fourth-order valence-corrected chi connectivity index (χ4v) is 2.34. The first-order chi connectivity index (χ1) is 10.1. The maximum Gasteiger partial charge on any atom is 0.193 e. The first-order valence-electron chi connectivity index (χ1n) is 6.26. The maximum atomic E-state index is 12.2. The summed E-state index contributed by atoms with van der Waals surface area (Å²) in [6.45, 7) is 0. The molecule has 0 amide bonds. The lowest BCUT2D eigenvalue weighted by molar-refractivity contribution is 0.414. The first-order valence-corrected chi connectivity index (χ1v) is 6.63. The lowest BCUT2D eigenvalue weighted by Gasteiger charge is -2.07. The van der Waals surface area contributed by atoms with Gasteiger partial charge in [0.1, 0.15) is 17.1 Å². The number of ether oxygens (including phenoxy) is 1. The van der Waals surface area contributed by atoms with E-state index < -0.39 is 0 Å². The average Bonchev–Trinajstić information content (AvgIpc) is 2.49. The third-order valence-corrected chi connectivity index (χ3v) is 3.52. The molecule has 0 atom stereocenters. The van der Waals surface area contributed by atoms with Gasteiger partial charge in [0.2, 0.25) is 0 Å². The topological polar surface area (TPSA) is 65.5 Å². The van der Waals surface area contributed by atoms with Crippen molar-refractivity contribution in [1.29, 1.82) is 0 Å². The molecule has 5 heteroatoms. The van der Waals surface area contributed by atoms with Gasteiger partial charge in [0.05, 0.1) is 17.5 Å². The number of fused-ring (bicyclic) bond motifs is 1. The average molecular weight is 302 g/mol. The molecule has 3 aromatic rings. The van der Waals surface area contributed by atoms with Crippen molar-refractivity contribution in [2.24, 2.45) is 0 Å². The van der Waals surface area contributed by atoms with Crippen LogP contribution >= 0.6 is 11.6 Å². The second-order valence-electron chi connectivity index (χ2n) is 4.58. The van der Waals surface area contributed by atoms with Gasteiger partial charge in [-0.1, -0.05) is 11.6 Å². The van der Waals surface area contributed by atoms with Gasteiger partial charge < -0.3 is 14.9 Å². The van der Waals surface area contributed by atoms with Gasteiger partial charge >= 0.3 is 0 Å². The van der Waals surface area contributed by atoms with E-state index in [-0.39, 0.29) is 5.43 Å². The Kier molecular flexibility index (Phi) is 3.31. The molecule has 0 bridgehead atoms. The molecule has 1 aromatic heterocycles. The van der Waals surface area contributed by atoms with E-state index in [1.165, 1.54) is 6.07 Å². The van der Waals surface area contributed by atoms with E-state index in [1.807, 2.05) is 0 Å². The summed E-state index contributed by atoms with van der Waals surface area (Å²) in [5, 5.41) is 0.953. The molecule has 0 radical (unpaired) electrons. The Morgan fingerprint density at radius 1 is 1.14 bits per heavy atom. The van der Waals surface area contributed by atoms with Gasteiger partial charge in [-0.3, -0.25) is 4.79 Å². The zero-order valence-corrected chi connectivity index (χ0v) is 12.0. The maximum absolute atomic E-state index is 12.2. The number of halogens is 1. The van der Waals surface area contributed by atoms with E-state index in [0.29, 0.717) is 38.8 Å². The summed E-state index contributed by atoms with van der Waals surface area (Å²) in [6.07, 6.45) is 0. The van der Waals surface area contributed by atoms with Gasteiger partial charge in [-0.2, -0.15) is 0 Å². The highest BCUT2D eigenvalue weighted by Gasteiger charge is 2.11. The van der Waals surface area contributed by atoms with Crippen LogP contribution in [0.1, 0.15) is 0 Å². The number of rotatable bonds is 2. The van der Waals surface area contributed by atoms with Crippen LogP contribution in [0.5, 0.6) is 5.75 Å². The third kappa shape index (κ3) is 2.45. The summed E-state index contributed by atoms with van der Waals surface area (Å²) in [5.74, 6) is 0.986. The molecule has 0 aliphatic carbocycles. The number of anilines is 1. The minimum absolute atomic E-state index is 0.146. The Morgan fingerprint density at radius 2 is 1.95 bits per heavy atom. The molecule has 2 aromatic carbocycles. The van der Waals surface area contributed by atoms with E-state index >= 15 is 0 Å². The van der Waals surface area contributed by atoms with Gasteiger partial charge in [0, 0.05) is 23.4 Å². The molecule has 1 heterocycles. The molecular formula is C16H12ClNO3. The minimum atomic E-state index is -0.146. The Morgan fingerprint density at radius 3 is 2.71 bits per heavy atom. The summed E-state index contributed by atoms with van der Waals surface area (Å²) in [6, 6.07) is 11.5. The van der Waals surface area contributed by atoms with E-state index in [1.54, 1.807) is 43.5 Å². The predicted molar refractivity (Wildman–Crippen MR) is 83.9 cm³/mol. The third-order valence-electron chi connectivity index (χ3n) is 3.19. The lowest BCUT2D eigenvalue weighted by atomic mass is 10.1. The molecule has 4 nitrogen and oxygen atoms in total. The molecule has 0 spiro atoms. The van der Waals surface area contributed by atoms with Gasteiger partial charge in [-0.15, -0.1) is 0 Å². The van der Waals surface area contributed by atoms with Gasteiger partial charge in [-0.25, -0.2) is 0 Å². The first kappa shape index (κ1) is 13.5. The molecule has 3 rings (SSSR count). The smallest absolute Gasteiger partial charge is 0.193 e. The summed E-state index contributed by atoms with van der Waals surface area (Å²) < 4.78 is 10.9. The van der Waals surface area contributed by atoms with Gasteiger partial charge in [0.25, 0.3) is 0 Å². The second-order valence-corrected chi connectivity index (χ2v) is 4.98. The van der Waals surface area contributed by atoms with E-state index in [0.717, 1.165) is 0 Å². The van der Waals surface area contributed by atoms with E-state index in [4.69, 9.17) is 26.5 Å². The molecule has 0 unspecified atom stereocenters. The number of hydrogen-bond donors (Lipinski definition) is 1. The van der Waals surface area contributed by atoms with Crippen molar-refractivity contribution in [3.8, 4) is 17.1 Å². The van der Waals surface area contributed by atoms with E-state index in [9.17, 15) is 4.79 Å². The lowest BCUT2D eigenvalue weighted by Crippen LogP contribution is -2.01. The normalized spacial score (nSPS) is 10.8. The Bertz CT molecular complexity index is 886. The fourth-order valence-electron chi connectivity index (χ4n) is 2.13. The Labute approximate surface area is 125 Å². The van der Waals surface area contributed by atoms with Crippen LogP contribution in [0.2, 0.25) is 5.02 Å². The summed E-state index contributed by atoms with van der Waals surface area (Å²) in [4.78, 5) is 12.2. The van der Waals surface area contributed by atoms with Crippen LogP contribution in [0.4, 0.5) is 5.69 Å². The van der Waals surface area contributed by atoms with Crippen molar-refractivity contribution < 1.29 is 9.15 Å². The van der Waals surface area contributed by atoms with Gasteiger partial charge in [0.15, 0.2) is 5.43 Å². The fraction of sp³-hybridized carbons (Fsp3) is 0.0625. The van der Waals surface area contributed by atoms with Crippen molar-refractivity contribution in [3.05, 3.63) is 57.7 Å². The van der Waals surface area contributed by atoms with Crippen molar-refractivity contribution in [2.75, 3.05) is 12.8 Å². The summed E-state index contributed by atoms with van der Waals surface area (Å²) in [5.41, 5.74) is 7.18. The molecule has 0 saturated heterocycles. The quantitative estimate of drug-likeness (QED) is 0.733. The van der Waals surface area contributed by atoms with Crippen molar-refractivity contribution in [3.63, 3.8) is 0 Å². The predicted octanol–water partition coefficient (Wildman–Crippen LogP) is 3.70. The van der Waals surface area contributed by atoms with Crippen LogP contribution in [-0.4, -0.2) is 7.11 Å². The molecular weight excluding hydrogens is 290 g/mol. The van der Waals surface area contributed by atoms with Crippen LogP contribution in [0.25, 0.3) is 22.3 Å². The number of nitrogens with two attached hydrogens (primary N) is 1. The van der Waals surface area contributed by atoms with Crippen LogP contribution in [-0.2, 0) is 0 Å². The number of hydrogen-bond acceptors (Lipinski definition) is 4. The minimum Gasteiger partial charge on any atom is -0.497 e. The van der Waals surface area contributed by atoms with Crippen LogP contribution < -0.4 is 15.9 Å². The highest BCUT2D eigenvalue weighted by Crippen LogP contribution is 2.31. The van der Waals surface area contributed by atoms with Crippen molar-refractivity contribution >= 4 is 28.3 Å². The standard InChI is InChI=1S/C16H12ClNO3/c1-20-10-3-4-11-14(19)8-16(21-15(11)7-10)12-6-9(18)2-5-13(12)17/h2-8H,18H2,1H3. The van der Waals surface area contributed by atoms with Gasteiger partial charge in [-0.05, 0) is 30.3 Å². The summed E-state index contributed by atoms with van der Waals surface area (Å²) in [7, 11) is 1.55. The largest absolute Gasteiger partial charge is 0.497 e. The molecule has 0 aliphatic heterocycles. The molecule has 0 fully saturated rings. The summed E-state index contributed by atoms with van der Waals surface area (Å²) >= 11 is 6.15. The van der Waals surface area contributed by atoms with E-state index in [2.05, 4.69) is 0 Å². The molecule has 0 aliphatic rings. The number of methoxy groups -OCH3 is 1. The zero-order valence-electron chi connectivity index (χ0n) is 11.2. The molecule has 106 valence electrons. The Balaban J connectivity index is 2.28. The van der Waals surface area contributed by atoms with Crippen molar-refractivity contribution in [1.82, 2.24) is 0 Å². The highest BCUT2D eigenvalue weighted by molar-refractivity contribution is 6.33. The second kappa shape index (κ2) is 5.14. The Hall–Kier alpha value is -2.46. The molecule has 2 N–H and O–H groups in total. The SMILES string of the molecule is COc1ccc2c(=O)cc(-c3cc(N)ccc3Cl)oc2c1. The molecule has 0 saturated carbocycles. The van der Waals surface area contributed by atoms with Crippen molar-refractivity contribution in [2.45, 2.75) is 0 Å². The van der Waals surface area contributed by atoms with Crippen LogP contribution in [0, 0.1) is 0 Å². The zero-order chi connectivity index (χ0) is 15.0. The van der Waals surface area contributed by atoms with Crippen LogP contribution in [0.3, 0.4) is 0 Å². The van der Waals surface area contributed by atoms with Crippen LogP contribution in [0.15, 0.2) is 51.7 Å². The number of benzene rings is 2.